The third-order valence-electron chi connectivity index (χ3n) is 3.80. The van der Waals surface area contributed by atoms with Crippen molar-refractivity contribution in [2.24, 2.45) is 0 Å². The Labute approximate surface area is 118 Å². The van der Waals surface area contributed by atoms with E-state index in [1.807, 2.05) is 16.7 Å². The van der Waals surface area contributed by atoms with Gasteiger partial charge in [-0.15, -0.1) is 0 Å². The molecule has 0 radical (unpaired) electrons. The number of methoxy groups -OCH3 is 1. The average Bonchev–Trinajstić information content (AvgIpc) is 3.12. The molecule has 3 rings (SSSR count). The van der Waals surface area contributed by atoms with Gasteiger partial charge in [0.2, 0.25) is 0 Å². The predicted molar refractivity (Wildman–Crippen MR) is 75.9 cm³/mol. The lowest BCUT2D eigenvalue weighted by atomic mass is 10.3. The van der Waals surface area contributed by atoms with Gasteiger partial charge in [0, 0.05) is 25.4 Å². The van der Waals surface area contributed by atoms with E-state index in [4.69, 9.17) is 4.74 Å². The molecule has 0 spiro atoms. The molecular formula is C15H19N3O2. The van der Waals surface area contributed by atoms with Gasteiger partial charge in [-0.3, -0.25) is 0 Å². The van der Waals surface area contributed by atoms with Crippen LogP contribution in [0.5, 0.6) is 0 Å². The van der Waals surface area contributed by atoms with Gasteiger partial charge in [0.25, 0.3) is 0 Å². The van der Waals surface area contributed by atoms with Crippen LogP contribution in [0.4, 0.5) is 0 Å². The molecule has 1 aliphatic rings. The average molecular weight is 273 g/mol. The van der Waals surface area contributed by atoms with E-state index in [0.717, 1.165) is 24.3 Å². The number of ether oxygens (including phenoxy) is 1. The van der Waals surface area contributed by atoms with Crippen LogP contribution in [0.2, 0.25) is 0 Å². The summed E-state index contributed by atoms with van der Waals surface area (Å²) in [5.41, 5.74) is 2.48. The van der Waals surface area contributed by atoms with Gasteiger partial charge in [-0.25, -0.2) is 9.78 Å². The fourth-order valence-electron chi connectivity index (χ4n) is 2.68. The maximum Gasteiger partial charge on any atom is 0.339 e. The number of rotatable bonds is 4. The van der Waals surface area contributed by atoms with E-state index in [1.165, 1.54) is 33.0 Å². The van der Waals surface area contributed by atoms with Crippen LogP contribution >= 0.6 is 0 Å². The second-order valence-electron chi connectivity index (χ2n) is 5.21. The molecule has 0 unspecified atom stereocenters. The molecule has 3 heterocycles. The summed E-state index contributed by atoms with van der Waals surface area (Å²) in [7, 11) is 1.39. The van der Waals surface area contributed by atoms with Gasteiger partial charge in [-0.2, -0.15) is 0 Å². The Morgan fingerprint density at radius 2 is 2.10 bits per heavy atom. The Kier molecular flexibility index (Phi) is 3.69. The van der Waals surface area contributed by atoms with E-state index in [0.29, 0.717) is 5.56 Å². The molecule has 0 atom stereocenters. The zero-order valence-electron chi connectivity index (χ0n) is 11.7. The van der Waals surface area contributed by atoms with Gasteiger partial charge in [0.15, 0.2) is 0 Å². The van der Waals surface area contributed by atoms with Gasteiger partial charge in [-0.05, 0) is 38.1 Å². The van der Waals surface area contributed by atoms with Crippen LogP contribution in [-0.4, -0.2) is 47.0 Å². The van der Waals surface area contributed by atoms with Crippen molar-refractivity contribution in [3.05, 3.63) is 35.8 Å². The number of fused-ring (bicyclic) bond motifs is 1. The standard InChI is InChI=1S/C15H19N3O2/c1-20-15(19)12-4-5-14-16-13(11-18(14)10-12)6-9-17-7-2-3-8-17/h4-5,10-11H,2-3,6-9H2,1H3. The highest BCUT2D eigenvalue weighted by Gasteiger charge is 2.12. The summed E-state index contributed by atoms with van der Waals surface area (Å²) in [6.07, 6.45) is 7.35. The van der Waals surface area contributed by atoms with E-state index < -0.39 is 0 Å². The highest BCUT2D eigenvalue weighted by atomic mass is 16.5. The predicted octanol–water partition coefficient (Wildman–Crippen LogP) is 1.76. The molecule has 0 amide bonds. The van der Waals surface area contributed by atoms with Crippen LogP contribution in [-0.2, 0) is 11.2 Å². The van der Waals surface area contributed by atoms with E-state index in [9.17, 15) is 4.79 Å². The summed E-state index contributed by atoms with van der Waals surface area (Å²) in [6.45, 7) is 3.48. The monoisotopic (exact) mass is 273 g/mol. The van der Waals surface area contributed by atoms with Crippen molar-refractivity contribution in [2.75, 3.05) is 26.7 Å². The molecule has 0 bridgehead atoms. The Balaban J connectivity index is 1.74. The maximum absolute atomic E-state index is 11.5. The third-order valence-corrected chi connectivity index (χ3v) is 3.80. The van der Waals surface area contributed by atoms with Crippen molar-refractivity contribution >= 4 is 11.6 Å². The lowest BCUT2D eigenvalue weighted by Crippen LogP contribution is -2.21. The Hall–Kier alpha value is -1.88. The molecule has 0 aromatic carbocycles. The summed E-state index contributed by atoms with van der Waals surface area (Å²) in [6, 6.07) is 3.60. The number of esters is 1. The number of carbonyl (C=O) groups excluding carboxylic acids is 1. The summed E-state index contributed by atoms with van der Waals surface area (Å²) in [5, 5.41) is 0. The van der Waals surface area contributed by atoms with Crippen molar-refractivity contribution in [3.63, 3.8) is 0 Å². The molecule has 0 N–H and O–H groups in total. The van der Waals surface area contributed by atoms with Crippen LogP contribution in [0.25, 0.3) is 5.65 Å². The summed E-state index contributed by atoms with van der Waals surface area (Å²) in [4.78, 5) is 18.6. The SMILES string of the molecule is COC(=O)c1ccc2nc(CCN3CCCC3)cn2c1. The molecule has 0 aliphatic carbocycles. The third kappa shape index (κ3) is 2.67. The summed E-state index contributed by atoms with van der Waals surface area (Å²) < 4.78 is 6.62. The molecule has 106 valence electrons. The number of nitrogens with zero attached hydrogens (tertiary/aromatic N) is 3. The molecule has 5 nitrogen and oxygen atoms in total. The van der Waals surface area contributed by atoms with Gasteiger partial charge in [0.05, 0.1) is 18.4 Å². The number of aromatic nitrogens is 2. The Morgan fingerprint density at radius 1 is 1.30 bits per heavy atom. The first kappa shape index (κ1) is 13.1. The topological polar surface area (TPSA) is 46.8 Å². The molecule has 2 aromatic heterocycles. The number of pyridine rings is 1. The zero-order valence-corrected chi connectivity index (χ0v) is 11.7. The van der Waals surface area contributed by atoms with E-state index in [1.54, 1.807) is 12.3 Å². The first-order valence-electron chi connectivity index (χ1n) is 7.04. The number of likely N-dealkylation sites (tertiary alicyclic amines) is 1. The first-order valence-corrected chi connectivity index (χ1v) is 7.04. The Bertz CT molecular complexity index is 615. The van der Waals surface area contributed by atoms with Gasteiger partial charge in [-0.1, -0.05) is 0 Å². The smallest absolute Gasteiger partial charge is 0.339 e. The van der Waals surface area contributed by atoms with Crippen molar-refractivity contribution in [2.45, 2.75) is 19.3 Å². The highest BCUT2D eigenvalue weighted by molar-refractivity contribution is 5.89. The minimum Gasteiger partial charge on any atom is -0.465 e. The van der Waals surface area contributed by atoms with Crippen LogP contribution in [0, 0.1) is 0 Å². The zero-order chi connectivity index (χ0) is 13.9. The lowest BCUT2D eigenvalue weighted by molar-refractivity contribution is 0.0600. The number of hydrogen-bond donors (Lipinski definition) is 0. The molecule has 1 saturated heterocycles. The van der Waals surface area contributed by atoms with Crippen molar-refractivity contribution in [3.8, 4) is 0 Å². The number of imidazole rings is 1. The van der Waals surface area contributed by atoms with Crippen molar-refractivity contribution in [1.82, 2.24) is 14.3 Å². The molecule has 20 heavy (non-hydrogen) atoms. The van der Waals surface area contributed by atoms with Crippen LogP contribution in [0.3, 0.4) is 0 Å². The van der Waals surface area contributed by atoms with Crippen molar-refractivity contribution < 1.29 is 9.53 Å². The molecular weight excluding hydrogens is 254 g/mol. The summed E-state index contributed by atoms with van der Waals surface area (Å²) >= 11 is 0. The molecule has 5 heteroatoms. The fraction of sp³-hybridized carbons (Fsp3) is 0.467. The lowest BCUT2D eigenvalue weighted by Gasteiger charge is -2.12. The second-order valence-corrected chi connectivity index (χ2v) is 5.21. The maximum atomic E-state index is 11.5. The quantitative estimate of drug-likeness (QED) is 0.796. The summed E-state index contributed by atoms with van der Waals surface area (Å²) in [5.74, 6) is -0.320. The molecule has 0 saturated carbocycles. The van der Waals surface area contributed by atoms with Crippen molar-refractivity contribution in [1.29, 1.82) is 0 Å². The number of hydrogen-bond acceptors (Lipinski definition) is 4. The molecule has 1 aliphatic heterocycles. The van der Waals surface area contributed by atoms with E-state index in [2.05, 4.69) is 9.88 Å². The van der Waals surface area contributed by atoms with Crippen LogP contribution in [0.15, 0.2) is 24.5 Å². The Morgan fingerprint density at radius 3 is 2.85 bits per heavy atom. The van der Waals surface area contributed by atoms with Gasteiger partial charge >= 0.3 is 5.97 Å². The van der Waals surface area contributed by atoms with Gasteiger partial charge < -0.3 is 14.0 Å². The van der Waals surface area contributed by atoms with Crippen LogP contribution in [0.1, 0.15) is 28.9 Å². The first-order chi connectivity index (χ1) is 9.76. The highest BCUT2D eigenvalue weighted by Crippen LogP contribution is 2.12. The largest absolute Gasteiger partial charge is 0.465 e. The minimum atomic E-state index is -0.320. The molecule has 2 aromatic rings. The van der Waals surface area contributed by atoms with E-state index in [-0.39, 0.29) is 5.97 Å². The fourth-order valence-corrected chi connectivity index (χ4v) is 2.68. The van der Waals surface area contributed by atoms with E-state index >= 15 is 0 Å². The normalized spacial score (nSPS) is 15.8. The van der Waals surface area contributed by atoms with Gasteiger partial charge in [0.1, 0.15) is 5.65 Å². The second kappa shape index (κ2) is 5.63. The van der Waals surface area contributed by atoms with Crippen LogP contribution < -0.4 is 0 Å². The minimum absolute atomic E-state index is 0.320. The molecule has 1 fully saturated rings. The number of carbonyl (C=O) groups is 1.